The maximum Gasteiger partial charge on any atom is 0.122 e. The molecule has 0 N–H and O–H groups in total. The monoisotopic (exact) mass is 416 g/mol. The van der Waals surface area contributed by atoms with E-state index in [1.807, 2.05) is 24.3 Å². The number of alkyl halides is 1. The molecule has 0 aromatic heterocycles. The van der Waals surface area contributed by atoms with Crippen molar-refractivity contribution >= 4 is 43.5 Å². The van der Waals surface area contributed by atoms with Crippen LogP contribution in [0.1, 0.15) is 17.0 Å². The zero-order valence-corrected chi connectivity index (χ0v) is 15.0. The second kappa shape index (κ2) is 7.48. The van der Waals surface area contributed by atoms with Crippen molar-refractivity contribution in [2.75, 3.05) is 12.4 Å². The van der Waals surface area contributed by atoms with Crippen LogP contribution >= 0.6 is 43.5 Å². The Bertz CT molecular complexity index is 569. The van der Waals surface area contributed by atoms with E-state index in [4.69, 9.17) is 16.3 Å². The Kier molecular flexibility index (Phi) is 5.94. The third-order valence-corrected chi connectivity index (χ3v) is 4.76. The van der Waals surface area contributed by atoms with Crippen molar-refractivity contribution in [3.63, 3.8) is 0 Å². The molecule has 4 heteroatoms. The van der Waals surface area contributed by atoms with Crippen molar-refractivity contribution in [2.45, 2.75) is 12.3 Å². The zero-order valence-electron chi connectivity index (χ0n) is 11.1. The Morgan fingerprint density at radius 2 is 1.85 bits per heavy atom. The molecule has 0 aliphatic rings. The summed E-state index contributed by atoms with van der Waals surface area (Å²) >= 11 is 13.1. The van der Waals surface area contributed by atoms with Gasteiger partial charge in [0.15, 0.2) is 0 Å². The molecule has 1 atom stereocenters. The van der Waals surface area contributed by atoms with Crippen molar-refractivity contribution in [2.24, 2.45) is 0 Å². The Hall–Kier alpha value is -0.510. The van der Waals surface area contributed by atoms with Crippen LogP contribution < -0.4 is 4.74 Å². The first-order chi connectivity index (χ1) is 9.63. The normalized spacial score (nSPS) is 12.2. The van der Waals surface area contributed by atoms with Crippen LogP contribution in [-0.2, 0) is 6.42 Å². The molecule has 2 rings (SSSR count). The van der Waals surface area contributed by atoms with Gasteiger partial charge in [0.2, 0.25) is 0 Å². The summed E-state index contributed by atoms with van der Waals surface area (Å²) in [5, 5.41) is 1.66. The van der Waals surface area contributed by atoms with Gasteiger partial charge >= 0.3 is 0 Å². The van der Waals surface area contributed by atoms with Gasteiger partial charge in [-0.1, -0.05) is 55.6 Å². The van der Waals surface area contributed by atoms with Crippen LogP contribution in [0.3, 0.4) is 0 Å². The molecular formula is C16H15Br2ClO. The van der Waals surface area contributed by atoms with Crippen molar-refractivity contribution < 1.29 is 4.74 Å². The van der Waals surface area contributed by atoms with Crippen LogP contribution in [0.5, 0.6) is 5.75 Å². The predicted octanol–water partition coefficient (Wildman–Crippen LogP) is 5.83. The minimum Gasteiger partial charge on any atom is -0.496 e. The smallest absolute Gasteiger partial charge is 0.122 e. The number of rotatable bonds is 5. The molecule has 0 saturated carbocycles. The van der Waals surface area contributed by atoms with E-state index in [2.05, 4.69) is 50.1 Å². The molecule has 0 bridgehead atoms. The van der Waals surface area contributed by atoms with Crippen molar-refractivity contribution in [3.8, 4) is 5.75 Å². The molecule has 0 spiro atoms. The van der Waals surface area contributed by atoms with Gasteiger partial charge in [0.1, 0.15) is 5.75 Å². The van der Waals surface area contributed by atoms with E-state index < -0.39 is 0 Å². The Morgan fingerprint density at radius 1 is 1.15 bits per heavy atom. The van der Waals surface area contributed by atoms with E-state index in [-0.39, 0.29) is 0 Å². The maximum absolute atomic E-state index is 5.95. The molecule has 106 valence electrons. The van der Waals surface area contributed by atoms with Crippen molar-refractivity contribution in [1.82, 2.24) is 0 Å². The van der Waals surface area contributed by atoms with Gasteiger partial charge in [-0.15, -0.1) is 0 Å². The Labute approximate surface area is 141 Å². The minimum absolute atomic E-state index is 0.385. The van der Waals surface area contributed by atoms with Gasteiger partial charge < -0.3 is 4.74 Å². The molecule has 0 radical (unpaired) electrons. The third-order valence-electron chi connectivity index (χ3n) is 3.24. The first-order valence-electron chi connectivity index (χ1n) is 6.28. The molecule has 0 fully saturated rings. The first-order valence-corrected chi connectivity index (χ1v) is 8.57. The topological polar surface area (TPSA) is 9.23 Å². The van der Waals surface area contributed by atoms with Crippen LogP contribution in [0.25, 0.3) is 0 Å². The maximum atomic E-state index is 5.95. The van der Waals surface area contributed by atoms with E-state index in [0.717, 1.165) is 27.0 Å². The molecule has 0 aliphatic carbocycles. The molecule has 1 unspecified atom stereocenters. The fourth-order valence-electron chi connectivity index (χ4n) is 2.17. The van der Waals surface area contributed by atoms with E-state index >= 15 is 0 Å². The highest BCUT2D eigenvalue weighted by molar-refractivity contribution is 9.10. The fraction of sp³-hybridized carbons (Fsp3) is 0.250. The number of benzene rings is 2. The highest BCUT2D eigenvalue weighted by atomic mass is 79.9. The van der Waals surface area contributed by atoms with Gasteiger partial charge in [0.05, 0.1) is 7.11 Å². The Balaban J connectivity index is 2.26. The summed E-state index contributed by atoms with van der Waals surface area (Å²) in [6, 6.07) is 14.1. The fourth-order valence-corrected chi connectivity index (χ4v) is 3.31. The summed E-state index contributed by atoms with van der Waals surface area (Å²) in [7, 11) is 1.71. The summed E-state index contributed by atoms with van der Waals surface area (Å²) in [5.41, 5.74) is 2.47. The number of hydrogen-bond acceptors (Lipinski definition) is 1. The average Bonchev–Trinajstić information content (AvgIpc) is 2.46. The predicted molar refractivity (Wildman–Crippen MR) is 92.4 cm³/mol. The summed E-state index contributed by atoms with van der Waals surface area (Å²) in [4.78, 5) is 0. The number of halogens is 3. The van der Waals surface area contributed by atoms with Gasteiger partial charge in [0.25, 0.3) is 0 Å². The lowest BCUT2D eigenvalue weighted by Crippen LogP contribution is -2.05. The van der Waals surface area contributed by atoms with Crippen LogP contribution in [0.2, 0.25) is 5.02 Å². The van der Waals surface area contributed by atoms with E-state index in [0.29, 0.717) is 5.92 Å². The summed E-state index contributed by atoms with van der Waals surface area (Å²) in [6.07, 6.45) is 0.912. The lowest BCUT2D eigenvalue weighted by Gasteiger charge is -2.17. The van der Waals surface area contributed by atoms with E-state index in [9.17, 15) is 0 Å². The van der Waals surface area contributed by atoms with Gasteiger partial charge in [-0.2, -0.15) is 0 Å². The molecule has 0 aliphatic heterocycles. The Morgan fingerprint density at radius 3 is 2.45 bits per heavy atom. The molecule has 20 heavy (non-hydrogen) atoms. The van der Waals surface area contributed by atoms with Crippen LogP contribution in [-0.4, -0.2) is 12.4 Å². The van der Waals surface area contributed by atoms with Gasteiger partial charge in [-0.3, -0.25) is 0 Å². The quantitative estimate of drug-likeness (QED) is 0.555. The van der Waals surface area contributed by atoms with Crippen LogP contribution in [0.15, 0.2) is 46.9 Å². The minimum atomic E-state index is 0.385. The lowest BCUT2D eigenvalue weighted by molar-refractivity contribution is 0.408. The highest BCUT2D eigenvalue weighted by Crippen LogP contribution is 2.30. The van der Waals surface area contributed by atoms with E-state index in [1.54, 1.807) is 7.11 Å². The van der Waals surface area contributed by atoms with Crippen LogP contribution in [0.4, 0.5) is 0 Å². The van der Waals surface area contributed by atoms with E-state index in [1.165, 1.54) is 11.1 Å². The van der Waals surface area contributed by atoms with Gasteiger partial charge in [-0.25, -0.2) is 0 Å². The number of ether oxygens (including phenoxy) is 1. The third kappa shape index (κ3) is 4.00. The van der Waals surface area contributed by atoms with Crippen molar-refractivity contribution in [3.05, 3.63) is 63.1 Å². The second-order valence-electron chi connectivity index (χ2n) is 4.56. The SMILES string of the molecule is COc1ccc(Br)cc1CC(CBr)c1ccc(Cl)cc1. The summed E-state index contributed by atoms with van der Waals surface area (Å²) < 4.78 is 6.51. The average molecular weight is 419 g/mol. The van der Waals surface area contributed by atoms with Crippen LogP contribution in [0, 0.1) is 0 Å². The number of hydrogen-bond donors (Lipinski definition) is 0. The number of methoxy groups -OCH3 is 1. The molecule has 2 aromatic carbocycles. The lowest BCUT2D eigenvalue weighted by atomic mass is 9.93. The molecule has 0 saturated heterocycles. The summed E-state index contributed by atoms with van der Waals surface area (Å²) in [5.74, 6) is 1.31. The standard InChI is InChI=1S/C16H15Br2ClO/c1-20-16-7-4-14(18)9-12(16)8-13(10-17)11-2-5-15(19)6-3-11/h2-7,9,13H,8,10H2,1H3. The second-order valence-corrected chi connectivity index (χ2v) is 6.56. The molecule has 2 aromatic rings. The van der Waals surface area contributed by atoms with Crippen molar-refractivity contribution in [1.29, 1.82) is 0 Å². The molecular weight excluding hydrogens is 403 g/mol. The highest BCUT2D eigenvalue weighted by Gasteiger charge is 2.14. The van der Waals surface area contributed by atoms with Gasteiger partial charge in [0, 0.05) is 14.8 Å². The molecule has 0 heterocycles. The first kappa shape index (κ1) is 15.9. The largest absolute Gasteiger partial charge is 0.496 e. The molecule has 0 amide bonds. The zero-order chi connectivity index (χ0) is 14.5. The summed E-state index contributed by atoms with van der Waals surface area (Å²) in [6.45, 7) is 0. The van der Waals surface area contributed by atoms with Gasteiger partial charge in [-0.05, 0) is 53.8 Å². The molecule has 1 nitrogen and oxygen atoms in total.